The predicted octanol–water partition coefficient (Wildman–Crippen LogP) is 0.449. The Kier molecular flexibility index (Phi) is 4.12. The van der Waals surface area contributed by atoms with Gasteiger partial charge in [-0.2, -0.15) is 0 Å². The lowest BCUT2D eigenvalue weighted by Crippen LogP contribution is -2.42. The van der Waals surface area contributed by atoms with Gasteiger partial charge >= 0.3 is 0 Å². The van der Waals surface area contributed by atoms with Crippen molar-refractivity contribution in [2.45, 2.75) is 12.8 Å². The summed E-state index contributed by atoms with van der Waals surface area (Å²) in [6.45, 7) is 1.14. The molecular weight excluding hydrogens is 256 g/mol. The number of nitrogens with two attached hydrogens (primary N) is 2. The summed E-state index contributed by atoms with van der Waals surface area (Å²) in [5, 5.41) is 2.65. The van der Waals surface area contributed by atoms with E-state index in [2.05, 4.69) is 5.32 Å². The summed E-state index contributed by atoms with van der Waals surface area (Å²) in [5.74, 6) is -0.0604. The number of hydrogen-bond acceptors (Lipinski definition) is 4. The zero-order chi connectivity index (χ0) is 14.7. The summed E-state index contributed by atoms with van der Waals surface area (Å²) in [4.78, 5) is 25.7. The second-order valence-electron chi connectivity index (χ2n) is 5.03. The number of nitrogens with zero attached hydrogens (tertiary/aromatic N) is 1. The topological polar surface area (TPSA) is 101 Å². The van der Waals surface area contributed by atoms with E-state index in [1.165, 1.54) is 0 Å². The number of nitrogen functional groups attached to an aromatic ring is 2. The Hall–Kier alpha value is -2.24. The van der Waals surface area contributed by atoms with E-state index in [4.69, 9.17) is 11.5 Å². The third-order valence-electron chi connectivity index (χ3n) is 3.71. The Bertz CT molecular complexity index is 522. The lowest BCUT2D eigenvalue weighted by Gasteiger charge is -2.31. The molecule has 20 heavy (non-hydrogen) atoms. The Balaban J connectivity index is 2.03. The van der Waals surface area contributed by atoms with Crippen LogP contribution in [0.25, 0.3) is 0 Å². The van der Waals surface area contributed by atoms with Crippen LogP contribution in [0.5, 0.6) is 0 Å². The second kappa shape index (κ2) is 5.81. The number of carbonyl (C=O) groups excluding carboxylic acids is 2. The molecule has 0 spiro atoms. The summed E-state index contributed by atoms with van der Waals surface area (Å²) in [7, 11) is 1.63. The number of piperidine rings is 1. The number of hydrogen-bond donors (Lipinski definition) is 3. The molecule has 2 amide bonds. The zero-order valence-corrected chi connectivity index (χ0v) is 11.6. The maximum Gasteiger partial charge on any atom is 0.255 e. The van der Waals surface area contributed by atoms with Crippen LogP contribution in [0.1, 0.15) is 23.2 Å². The van der Waals surface area contributed by atoms with Crippen LogP contribution in [-0.4, -0.2) is 36.9 Å². The van der Waals surface area contributed by atoms with Crippen molar-refractivity contribution in [2.24, 2.45) is 5.92 Å². The number of nitrogens with one attached hydrogen (secondary N) is 1. The highest BCUT2D eigenvalue weighted by Gasteiger charge is 2.27. The first kappa shape index (κ1) is 14.2. The number of amides is 2. The highest BCUT2D eigenvalue weighted by molar-refractivity contribution is 5.99. The molecule has 108 valence electrons. The largest absolute Gasteiger partial charge is 0.399 e. The monoisotopic (exact) mass is 276 g/mol. The van der Waals surface area contributed by atoms with Gasteiger partial charge < -0.3 is 21.7 Å². The van der Waals surface area contributed by atoms with Crippen LogP contribution < -0.4 is 16.8 Å². The van der Waals surface area contributed by atoms with Gasteiger partial charge in [-0.25, -0.2) is 0 Å². The molecule has 1 aliphatic heterocycles. The summed E-state index contributed by atoms with van der Waals surface area (Å²) < 4.78 is 0. The molecule has 0 atom stereocenters. The molecule has 1 fully saturated rings. The fraction of sp³-hybridized carbons (Fsp3) is 0.429. The molecule has 6 heteroatoms. The van der Waals surface area contributed by atoms with Gasteiger partial charge in [0.1, 0.15) is 0 Å². The first-order valence-corrected chi connectivity index (χ1v) is 6.68. The van der Waals surface area contributed by atoms with E-state index in [0.717, 1.165) is 0 Å². The maximum absolute atomic E-state index is 12.4. The zero-order valence-electron chi connectivity index (χ0n) is 11.6. The van der Waals surface area contributed by atoms with E-state index in [-0.39, 0.29) is 17.7 Å². The molecule has 6 nitrogen and oxygen atoms in total. The minimum absolute atomic E-state index is 0.00665. The Morgan fingerprint density at radius 2 is 1.90 bits per heavy atom. The molecule has 1 aromatic carbocycles. The molecule has 2 rings (SSSR count). The smallest absolute Gasteiger partial charge is 0.255 e. The molecule has 1 saturated heterocycles. The van der Waals surface area contributed by atoms with Gasteiger partial charge in [-0.1, -0.05) is 0 Å². The van der Waals surface area contributed by atoms with Crippen LogP contribution in [0.15, 0.2) is 18.2 Å². The van der Waals surface area contributed by atoms with Crippen molar-refractivity contribution in [3.8, 4) is 0 Å². The van der Waals surface area contributed by atoms with Crippen molar-refractivity contribution in [1.29, 1.82) is 0 Å². The minimum Gasteiger partial charge on any atom is -0.399 e. The van der Waals surface area contributed by atoms with Gasteiger partial charge in [0.05, 0.1) is 5.56 Å². The van der Waals surface area contributed by atoms with E-state index in [1.54, 1.807) is 30.1 Å². The molecule has 0 saturated carbocycles. The van der Waals surface area contributed by atoms with Crippen molar-refractivity contribution in [2.75, 3.05) is 31.6 Å². The first-order chi connectivity index (χ1) is 9.52. The molecule has 1 aliphatic rings. The van der Waals surface area contributed by atoms with E-state index in [0.29, 0.717) is 42.9 Å². The number of carbonyl (C=O) groups is 2. The van der Waals surface area contributed by atoms with Crippen molar-refractivity contribution in [3.05, 3.63) is 23.8 Å². The summed E-state index contributed by atoms with van der Waals surface area (Å²) in [5.41, 5.74) is 12.9. The van der Waals surface area contributed by atoms with Crippen LogP contribution in [0, 0.1) is 5.92 Å². The summed E-state index contributed by atoms with van der Waals surface area (Å²) in [6.07, 6.45) is 1.36. The minimum atomic E-state index is -0.0992. The van der Waals surface area contributed by atoms with Gasteiger partial charge in [0, 0.05) is 37.4 Å². The normalized spacial score (nSPS) is 15.9. The van der Waals surface area contributed by atoms with Crippen LogP contribution in [-0.2, 0) is 4.79 Å². The number of rotatable bonds is 2. The molecule has 0 bridgehead atoms. The Morgan fingerprint density at radius 1 is 1.25 bits per heavy atom. The first-order valence-electron chi connectivity index (χ1n) is 6.68. The third-order valence-corrected chi connectivity index (χ3v) is 3.71. The molecule has 1 heterocycles. The van der Waals surface area contributed by atoms with E-state index in [1.807, 2.05) is 0 Å². The summed E-state index contributed by atoms with van der Waals surface area (Å²) in [6, 6.07) is 4.91. The lowest BCUT2D eigenvalue weighted by molar-refractivity contribution is -0.125. The molecule has 0 aromatic heterocycles. The van der Waals surface area contributed by atoms with E-state index in [9.17, 15) is 9.59 Å². The van der Waals surface area contributed by atoms with Crippen molar-refractivity contribution < 1.29 is 9.59 Å². The molecule has 0 radical (unpaired) electrons. The quantitative estimate of drug-likeness (QED) is 0.682. The molecule has 0 unspecified atom stereocenters. The van der Waals surface area contributed by atoms with E-state index < -0.39 is 0 Å². The Morgan fingerprint density at radius 3 is 2.45 bits per heavy atom. The van der Waals surface area contributed by atoms with Gasteiger partial charge in [0.2, 0.25) is 5.91 Å². The van der Waals surface area contributed by atoms with Crippen molar-refractivity contribution >= 4 is 23.2 Å². The van der Waals surface area contributed by atoms with Gasteiger partial charge in [-0.15, -0.1) is 0 Å². The predicted molar refractivity (Wildman–Crippen MR) is 78.0 cm³/mol. The average Bonchev–Trinajstić information content (AvgIpc) is 2.46. The molecular formula is C14H20N4O2. The van der Waals surface area contributed by atoms with Gasteiger partial charge in [-0.3, -0.25) is 9.59 Å². The van der Waals surface area contributed by atoms with Crippen molar-refractivity contribution in [1.82, 2.24) is 10.2 Å². The van der Waals surface area contributed by atoms with Crippen LogP contribution in [0.3, 0.4) is 0 Å². The second-order valence-corrected chi connectivity index (χ2v) is 5.03. The third kappa shape index (κ3) is 2.84. The molecule has 0 aliphatic carbocycles. The van der Waals surface area contributed by atoms with Gasteiger partial charge in [0.25, 0.3) is 5.91 Å². The maximum atomic E-state index is 12.4. The highest BCUT2D eigenvalue weighted by atomic mass is 16.2. The number of benzene rings is 1. The fourth-order valence-corrected chi connectivity index (χ4v) is 2.50. The number of anilines is 2. The van der Waals surface area contributed by atoms with Crippen LogP contribution in [0.2, 0.25) is 0 Å². The SMILES string of the molecule is CNC(=O)C1CCN(C(=O)c2ccc(N)cc2N)CC1. The van der Waals surface area contributed by atoms with E-state index >= 15 is 0 Å². The Labute approximate surface area is 118 Å². The average molecular weight is 276 g/mol. The van der Waals surface area contributed by atoms with Crippen LogP contribution >= 0.6 is 0 Å². The number of likely N-dealkylation sites (tertiary alicyclic amines) is 1. The van der Waals surface area contributed by atoms with Gasteiger partial charge in [0.15, 0.2) is 0 Å². The van der Waals surface area contributed by atoms with Crippen LogP contribution in [0.4, 0.5) is 11.4 Å². The lowest BCUT2D eigenvalue weighted by atomic mass is 9.95. The summed E-state index contributed by atoms with van der Waals surface area (Å²) >= 11 is 0. The fourth-order valence-electron chi connectivity index (χ4n) is 2.50. The molecule has 1 aromatic rings. The standard InChI is InChI=1S/C14H20N4O2/c1-17-13(19)9-4-6-18(7-5-9)14(20)11-3-2-10(15)8-12(11)16/h2-3,8-9H,4-7,15-16H2,1H3,(H,17,19). The highest BCUT2D eigenvalue weighted by Crippen LogP contribution is 2.22. The van der Waals surface area contributed by atoms with Gasteiger partial charge in [-0.05, 0) is 31.0 Å². The van der Waals surface area contributed by atoms with Crippen molar-refractivity contribution in [3.63, 3.8) is 0 Å². The molecule has 5 N–H and O–H groups in total.